The predicted molar refractivity (Wildman–Crippen MR) is 135 cm³/mol. The molecule has 0 amide bonds. The van der Waals surface area contributed by atoms with Crippen LogP contribution in [0.2, 0.25) is 0 Å². The number of methoxy groups -OCH3 is 1. The first-order valence-corrected chi connectivity index (χ1v) is 11.8. The maximum atomic E-state index is 13.4. The second-order valence-corrected chi connectivity index (χ2v) is 8.44. The summed E-state index contributed by atoms with van der Waals surface area (Å²) in [5.41, 5.74) is 4.04. The van der Waals surface area contributed by atoms with E-state index in [4.69, 9.17) is 4.74 Å². The summed E-state index contributed by atoms with van der Waals surface area (Å²) in [6.07, 6.45) is 4.03. The first-order chi connectivity index (χ1) is 17.6. The molecule has 0 radical (unpaired) electrons. The maximum absolute atomic E-state index is 13.4. The summed E-state index contributed by atoms with van der Waals surface area (Å²) in [5, 5.41) is 9.68. The van der Waals surface area contributed by atoms with Crippen molar-refractivity contribution in [2.45, 2.75) is 26.1 Å². The Morgan fingerprint density at radius 1 is 1.03 bits per heavy atom. The Balaban J connectivity index is 1.65. The van der Waals surface area contributed by atoms with Gasteiger partial charge in [-0.3, -0.25) is 9.88 Å². The summed E-state index contributed by atoms with van der Waals surface area (Å²) >= 11 is 0. The number of pyridine rings is 1. The van der Waals surface area contributed by atoms with Gasteiger partial charge in [-0.2, -0.15) is 0 Å². The van der Waals surface area contributed by atoms with Gasteiger partial charge < -0.3 is 14.4 Å². The van der Waals surface area contributed by atoms with E-state index in [2.05, 4.69) is 31.6 Å². The molecule has 0 aliphatic heterocycles. The van der Waals surface area contributed by atoms with Gasteiger partial charge in [-0.25, -0.2) is 14.2 Å². The van der Waals surface area contributed by atoms with E-state index in [1.165, 1.54) is 19.2 Å². The zero-order valence-corrected chi connectivity index (χ0v) is 20.2. The number of benzene rings is 2. The van der Waals surface area contributed by atoms with Crippen molar-refractivity contribution in [2.75, 3.05) is 20.3 Å². The van der Waals surface area contributed by atoms with Crippen LogP contribution >= 0.6 is 0 Å². The van der Waals surface area contributed by atoms with E-state index in [-0.39, 0.29) is 12.4 Å². The average Bonchev–Trinajstić information content (AvgIpc) is 3.31. The lowest BCUT2D eigenvalue weighted by atomic mass is 10.1. The van der Waals surface area contributed by atoms with Gasteiger partial charge in [0.2, 0.25) is 0 Å². The molecule has 0 spiro atoms. The zero-order chi connectivity index (χ0) is 25.3. The highest BCUT2D eigenvalue weighted by molar-refractivity contribution is 5.90. The van der Waals surface area contributed by atoms with Gasteiger partial charge in [0.05, 0.1) is 31.2 Å². The second kappa shape index (κ2) is 12.2. The van der Waals surface area contributed by atoms with Crippen molar-refractivity contribution in [3.05, 3.63) is 107 Å². The molecule has 8 heteroatoms. The average molecular weight is 489 g/mol. The fraction of sp³-hybridized carbons (Fsp3) is 0.250. The molecule has 0 saturated carbocycles. The van der Waals surface area contributed by atoms with Crippen LogP contribution in [0.25, 0.3) is 11.5 Å². The van der Waals surface area contributed by atoms with E-state index in [0.717, 1.165) is 16.8 Å². The number of hydrogen-bond acceptors (Lipinski definition) is 6. The van der Waals surface area contributed by atoms with E-state index in [1.807, 2.05) is 24.4 Å². The number of ether oxygens (including phenoxy) is 1. The van der Waals surface area contributed by atoms with Crippen molar-refractivity contribution in [1.82, 2.24) is 19.4 Å². The Bertz CT molecular complexity index is 1280. The molecule has 0 atom stereocenters. The third kappa shape index (κ3) is 6.41. The standard InChI is InChI=1S/C28H29FN4O3/c1-36-28(35)23-11-13-30-26(17-23)27-31-18-25(33(27)14-12-21-7-9-24(29)10-8-21)20-32(15-16-34)19-22-5-3-2-4-6-22/h2-11,13,17-18,34H,12,14-16,19-20H2,1H3. The van der Waals surface area contributed by atoms with Gasteiger partial charge >= 0.3 is 5.97 Å². The molecule has 2 heterocycles. The SMILES string of the molecule is COC(=O)c1ccnc(-c2ncc(CN(CCO)Cc3ccccc3)n2CCc2ccc(F)cc2)c1. The third-order valence-electron chi connectivity index (χ3n) is 5.94. The van der Waals surface area contributed by atoms with Crippen LogP contribution in [-0.4, -0.2) is 50.8 Å². The molecule has 7 nitrogen and oxygen atoms in total. The van der Waals surface area contributed by atoms with E-state index in [0.29, 0.717) is 49.7 Å². The van der Waals surface area contributed by atoms with Crippen molar-refractivity contribution in [3.8, 4) is 11.5 Å². The van der Waals surface area contributed by atoms with Crippen LogP contribution in [0.5, 0.6) is 0 Å². The molecule has 2 aromatic heterocycles. The first kappa shape index (κ1) is 25.2. The molecule has 186 valence electrons. The summed E-state index contributed by atoms with van der Waals surface area (Å²) in [6, 6.07) is 19.8. The minimum absolute atomic E-state index is 0.0339. The predicted octanol–water partition coefficient (Wildman–Crippen LogP) is 4.11. The number of esters is 1. The lowest BCUT2D eigenvalue weighted by molar-refractivity contribution is 0.0600. The van der Waals surface area contributed by atoms with Gasteiger partial charge in [0.1, 0.15) is 11.5 Å². The van der Waals surface area contributed by atoms with E-state index in [1.54, 1.807) is 30.5 Å². The van der Waals surface area contributed by atoms with Crippen LogP contribution in [0.3, 0.4) is 0 Å². The molecular formula is C28H29FN4O3. The molecule has 4 aromatic rings. The molecule has 4 rings (SSSR count). The van der Waals surface area contributed by atoms with Crippen LogP contribution in [-0.2, 0) is 30.8 Å². The van der Waals surface area contributed by atoms with Gasteiger partial charge in [0, 0.05) is 32.4 Å². The molecule has 36 heavy (non-hydrogen) atoms. The fourth-order valence-electron chi connectivity index (χ4n) is 4.11. The van der Waals surface area contributed by atoms with E-state index >= 15 is 0 Å². The normalized spacial score (nSPS) is 11.1. The Labute approximate surface area is 209 Å². The summed E-state index contributed by atoms with van der Waals surface area (Å²) in [4.78, 5) is 23.3. The van der Waals surface area contributed by atoms with Gasteiger partial charge in [-0.1, -0.05) is 42.5 Å². The van der Waals surface area contributed by atoms with Crippen molar-refractivity contribution >= 4 is 5.97 Å². The Morgan fingerprint density at radius 2 is 1.81 bits per heavy atom. The van der Waals surface area contributed by atoms with Gasteiger partial charge in [0.15, 0.2) is 5.82 Å². The second-order valence-electron chi connectivity index (χ2n) is 8.44. The van der Waals surface area contributed by atoms with Crippen molar-refractivity contribution in [1.29, 1.82) is 0 Å². The summed E-state index contributed by atoms with van der Waals surface area (Å²) in [5.74, 6) is -0.0889. The first-order valence-electron chi connectivity index (χ1n) is 11.8. The number of carbonyl (C=O) groups is 1. The van der Waals surface area contributed by atoms with E-state index < -0.39 is 5.97 Å². The molecule has 0 unspecified atom stereocenters. The van der Waals surface area contributed by atoms with Gasteiger partial charge in [0.25, 0.3) is 0 Å². The molecule has 0 bridgehead atoms. The highest BCUT2D eigenvalue weighted by atomic mass is 19.1. The number of halogens is 1. The van der Waals surface area contributed by atoms with Crippen LogP contribution in [0.1, 0.15) is 27.2 Å². The number of imidazole rings is 1. The molecular weight excluding hydrogens is 459 g/mol. The minimum Gasteiger partial charge on any atom is -0.465 e. The van der Waals surface area contributed by atoms with Gasteiger partial charge in [-0.05, 0) is 41.8 Å². The lowest BCUT2D eigenvalue weighted by Crippen LogP contribution is -2.27. The van der Waals surface area contributed by atoms with Gasteiger partial charge in [-0.15, -0.1) is 0 Å². The molecule has 2 aromatic carbocycles. The Hall–Kier alpha value is -3.88. The topological polar surface area (TPSA) is 80.5 Å². The monoisotopic (exact) mass is 488 g/mol. The van der Waals surface area contributed by atoms with Crippen LogP contribution in [0.4, 0.5) is 4.39 Å². The summed E-state index contributed by atoms with van der Waals surface area (Å²) < 4.78 is 20.3. The number of nitrogens with zero attached hydrogens (tertiary/aromatic N) is 4. The highest BCUT2D eigenvalue weighted by Crippen LogP contribution is 2.22. The van der Waals surface area contributed by atoms with E-state index in [9.17, 15) is 14.3 Å². The number of aromatic nitrogens is 3. The molecule has 0 aliphatic carbocycles. The number of rotatable bonds is 11. The lowest BCUT2D eigenvalue weighted by Gasteiger charge is -2.22. The quantitative estimate of drug-likeness (QED) is 0.320. The minimum atomic E-state index is -0.444. The molecule has 0 aliphatic rings. The number of carbonyl (C=O) groups excluding carboxylic acids is 1. The molecule has 0 saturated heterocycles. The molecule has 1 N–H and O–H groups in total. The molecule has 0 fully saturated rings. The Morgan fingerprint density at radius 3 is 2.53 bits per heavy atom. The van der Waals surface area contributed by atoms with Crippen molar-refractivity contribution < 1.29 is 19.0 Å². The maximum Gasteiger partial charge on any atom is 0.337 e. The van der Waals surface area contributed by atoms with Crippen LogP contribution in [0, 0.1) is 5.82 Å². The summed E-state index contributed by atoms with van der Waals surface area (Å²) in [6.45, 7) is 2.35. The number of aliphatic hydroxyl groups excluding tert-OH is 1. The van der Waals surface area contributed by atoms with Crippen LogP contribution in [0.15, 0.2) is 79.1 Å². The van der Waals surface area contributed by atoms with Crippen LogP contribution < -0.4 is 0 Å². The van der Waals surface area contributed by atoms with Crippen molar-refractivity contribution in [2.24, 2.45) is 0 Å². The van der Waals surface area contributed by atoms with Crippen molar-refractivity contribution in [3.63, 3.8) is 0 Å². The zero-order valence-electron chi connectivity index (χ0n) is 20.2. The Kier molecular flexibility index (Phi) is 8.54. The summed E-state index contributed by atoms with van der Waals surface area (Å²) in [7, 11) is 1.34. The smallest absolute Gasteiger partial charge is 0.337 e. The fourth-order valence-corrected chi connectivity index (χ4v) is 4.11. The number of aryl methyl sites for hydroxylation is 1. The third-order valence-corrected chi connectivity index (χ3v) is 5.94. The number of aliphatic hydroxyl groups is 1. The number of hydrogen-bond donors (Lipinski definition) is 1. The highest BCUT2D eigenvalue weighted by Gasteiger charge is 2.18. The largest absolute Gasteiger partial charge is 0.465 e.